The zero-order chi connectivity index (χ0) is 14.0. The van der Waals surface area contributed by atoms with Crippen LogP contribution in [-0.4, -0.2) is 29.2 Å². The van der Waals surface area contributed by atoms with Gasteiger partial charge < -0.3 is 15.8 Å². The zero-order valence-electron chi connectivity index (χ0n) is 11.7. The summed E-state index contributed by atoms with van der Waals surface area (Å²) in [5, 5.41) is 3.53. The average molecular weight is 279 g/mol. The first-order chi connectivity index (χ1) is 8.99. The second-order valence-corrected chi connectivity index (χ2v) is 5.63. The summed E-state index contributed by atoms with van der Waals surface area (Å²) < 4.78 is 5.44. The van der Waals surface area contributed by atoms with E-state index in [0.717, 1.165) is 42.3 Å². The summed E-state index contributed by atoms with van der Waals surface area (Å²) in [4.78, 5) is 4.82. The highest BCUT2D eigenvalue weighted by molar-refractivity contribution is 7.80. The molecule has 2 unspecified atom stereocenters. The third-order valence-electron chi connectivity index (χ3n) is 3.63. The summed E-state index contributed by atoms with van der Waals surface area (Å²) in [6.07, 6.45) is 1.10. The van der Waals surface area contributed by atoms with E-state index in [9.17, 15) is 0 Å². The molecule has 2 atom stereocenters. The molecule has 2 heterocycles. The van der Waals surface area contributed by atoms with Crippen LogP contribution in [0.15, 0.2) is 6.07 Å². The van der Waals surface area contributed by atoms with Crippen molar-refractivity contribution in [2.75, 3.05) is 18.5 Å². The summed E-state index contributed by atoms with van der Waals surface area (Å²) in [5.74, 6) is 0.535. The van der Waals surface area contributed by atoms with E-state index < -0.39 is 0 Å². The number of rotatable bonds is 4. The van der Waals surface area contributed by atoms with Crippen LogP contribution in [0.1, 0.15) is 30.3 Å². The lowest BCUT2D eigenvalue weighted by molar-refractivity contribution is 0.183. The first-order valence-corrected chi connectivity index (χ1v) is 7.02. The maximum Gasteiger partial charge on any atom is 0.107 e. The Bertz CT molecular complexity index is 484. The Balaban J connectivity index is 2.25. The lowest BCUT2D eigenvalue weighted by Gasteiger charge is -2.23. The lowest BCUT2D eigenvalue weighted by atomic mass is 9.99. The predicted molar refractivity (Wildman–Crippen MR) is 81.6 cm³/mol. The highest BCUT2D eigenvalue weighted by Crippen LogP contribution is 2.24. The van der Waals surface area contributed by atoms with Crippen LogP contribution in [0.5, 0.6) is 0 Å². The van der Waals surface area contributed by atoms with Gasteiger partial charge in [0.05, 0.1) is 12.2 Å². The van der Waals surface area contributed by atoms with E-state index in [-0.39, 0.29) is 0 Å². The van der Waals surface area contributed by atoms with Gasteiger partial charge in [-0.25, -0.2) is 0 Å². The molecule has 1 aliphatic rings. The number of anilines is 1. The summed E-state index contributed by atoms with van der Waals surface area (Å²) >= 11 is 5.14. The molecule has 4 nitrogen and oxygen atoms in total. The quantitative estimate of drug-likeness (QED) is 0.827. The first kappa shape index (κ1) is 14.2. The number of hydrogen-bond donors (Lipinski definition) is 2. The van der Waals surface area contributed by atoms with Gasteiger partial charge in [0.15, 0.2) is 0 Å². The highest BCUT2D eigenvalue weighted by atomic mass is 32.1. The molecule has 1 aliphatic heterocycles. The largest absolute Gasteiger partial charge is 0.389 e. The molecule has 0 amide bonds. The molecule has 2 rings (SSSR count). The van der Waals surface area contributed by atoms with Gasteiger partial charge >= 0.3 is 0 Å². The molecular formula is C14H21N3OS. The van der Waals surface area contributed by atoms with E-state index in [4.69, 9.17) is 22.7 Å². The van der Waals surface area contributed by atoms with Crippen molar-refractivity contribution in [3.63, 3.8) is 0 Å². The molecule has 0 saturated carbocycles. The minimum atomic E-state index is 0.330. The van der Waals surface area contributed by atoms with Gasteiger partial charge in [-0.3, -0.25) is 4.98 Å². The number of aryl methyl sites for hydroxylation is 2. The lowest BCUT2D eigenvalue weighted by Crippen LogP contribution is -2.28. The number of pyridine rings is 1. The minimum absolute atomic E-state index is 0.330. The average Bonchev–Trinajstić information content (AvgIpc) is 2.80. The molecule has 3 N–H and O–H groups in total. The molecular weight excluding hydrogens is 258 g/mol. The standard InChI is InChI=1S/C14H21N3OS/c1-8-6-12(13(14(15)19)10(3)16-8)17-9(2)11-4-5-18-7-11/h6,9,11H,4-5,7H2,1-3H3,(H2,15,19)(H,16,17). The molecule has 0 bridgehead atoms. The van der Waals surface area contributed by atoms with E-state index in [2.05, 4.69) is 17.2 Å². The van der Waals surface area contributed by atoms with E-state index in [0.29, 0.717) is 16.9 Å². The Kier molecular flexibility index (Phi) is 4.37. The molecule has 1 fully saturated rings. The molecule has 0 spiro atoms. The van der Waals surface area contributed by atoms with Crippen LogP contribution in [0.25, 0.3) is 0 Å². The number of ether oxygens (including phenoxy) is 1. The fourth-order valence-electron chi connectivity index (χ4n) is 2.56. The van der Waals surface area contributed by atoms with Crippen molar-refractivity contribution < 1.29 is 4.74 Å². The normalized spacial score (nSPS) is 20.3. The maximum absolute atomic E-state index is 5.82. The number of nitrogens with zero attached hydrogens (tertiary/aromatic N) is 1. The minimum Gasteiger partial charge on any atom is -0.389 e. The first-order valence-electron chi connectivity index (χ1n) is 6.61. The third-order valence-corrected chi connectivity index (χ3v) is 3.83. The van der Waals surface area contributed by atoms with Crippen molar-refractivity contribution in [1.29, 1.82) is 0 Å². The van der Waals surface area contributed by atoms with E-state index in [1.165, 1.54) is 0 Å². The molecule has 5 heteroatoms. The molecule has 0 radical (unpaired) electrons. The van der Waals surface area contributed by atoms with Crippen molar-refractivity contribution >= 4 is 22.9 Å². The summed E-state index contributed by atoms with van der Waals surface area (Å²) in [7, 11) is 0. The molecule has 0 aliphatic carbocycles. The molecule has 0 aromatic carbocycles. The van der Waals surface area contributed by atoms with Crippen LogP contribution in [-0.2, 0) is 4.74 Å². The van der Waals surface area contributed by atoms with E-state index >= 15 is 0 Å². The maximum atomic E-state index is 5.82. The van der Waals surface area contributed by atoms with Crippen molar-refractivity contribution in [2.45, 2.75) is 33.2 Å². The number of thiocarbonyl (C=S) groups is 1. The Hall–Kier alpha value is -1.20. The SMILES string of the molecule is Cc1cc(NC(C)C2CCOC2)c(C(N)=S)c(C)n1. The summed E-state index contributed by atoms with van der Waals surface area (Å²) in [6.45, 7) is 7.77. The monoisotopic (exact) mass is 279 g/mol. The van der Waals surface area contributed by atoms with Crippen LogP contribution in [0.4, 0.5) is 5.69 Å². The van der Waals surface area contributed by atoms with Crippen molar-refractivity contribution in [3.8, 4) is 0 Å². The van der Waals surface area contributed by atoms with E-state index in [1.807, 2.05) is 19.9 Å². The molecule has 104 valence electrons. The van der Waals surface area contributed by atoms with Gasteiger partial charge in [-0.2, -0.15) is 0 Å². The Morgan fingerprint density at radius 3 is 2.89 bits per heavy atom. The van der Waals surface area contributed by atoms with Gasteiger partial charge in [0.1, 0.15) is 4.99 Å². The Morgan fingerprint density at radius 2 is 2.32 bits per heavy atom. The van der Waals surface area contributed by atoms with Crippen LogP contribution < -0.4 is 11.1 Å². The topological polar surface area (TPSA) is 60.2 Å². The summed E-state index contributed by atoms with van der Waals surface area (Å²) in [5.41, 5.74) is 9.50. The van der Waals surface area contributed by atoms with Crippen LogP contribution in [0.3, 0.4) is 0 Å². The number of aromatic nitrogens is 1. The second kappa shape index (κ2) is 5.84. The van der Waals surface area contributed by atoms with Crippen LogP contribution in [0, 0.1) is 19.8 Å². The molecule has 19 heavy (non-hydrogen) atoms. The molecule has 1 aromatic rings. The van der Waals surface area contributed by atoms with Crippen LogP contribution >= 0.6 is 12.2 Å². The zero-order valence-corrected chi connectivity index (χ0v) is 12.5. The highest BCUT2D eigenvalue weighted by Gasteiger charge is 2.23. The molecule has 1 saturated heterocycles. The van der Waals surface area contributed by atoms with Gasteiger partial charge in [-0.1, -0.05) is 12.2 Å². The smallest absolute Gasteiger partial charge is 0.107 e. The fraction of sp³-hybridized carbons (Fsp3) is 0.571. The van der Waals surface area contributed by atoms with Crippen molar-refractivity contribution in [1.82, 2.24) is 4.98 Å². The Morgan fingerprint density at radius 1 is 1.58 bits per heavy atom. The van der Waals surface area contributed by atoms with Crippen molar-refractivity contribution in [2.24, 2.45) is 11.7 Å². The number of nitrogens with two attached hydrogens (primary N) is 1. The van der Waals surface area contributed by atoms with Crippen LogP contribution in [0.2, 0.25) is 0 Å². The fourth-order valence-corrected chi connectivity index (χ4v) is 2.82. The van der Waals surface area contributed by atoms with Gasteiger partial charge in [0, 0.05) is 35.6 Å². The van der Waals surface area contributed by atoms with E-state index in [1.54, 1.807) is 0 Å². The van der Waals surface area contributed by atoms with Gasteiger partial charge in [0.2, 0.25) is 0 Å². The third kappa shape index (κ3) is 3.22. The second-order valence-electron chi connectivity index (χ2n) is 5.19. The van der Waals surface area contributed by atoms with Gasteiger partial charge in [0.25, 0.3) is 0 Å². The van der Waals surface area contributed by atoms with Gasteiger partial charge in [-0.05, 0) is 33.3 Å². The number of hydrogen-bond acceptors (Lipinski definition) is 4. The van der Waals surface area contributed by atoms with Gasteiger partial charge in [-0.15, -0.1) is 0 Å². The Labute approximate surface area is 119 Å². The predicted octanol–water partition coefficient (Wildman–Crippen LogP) is 2.17. The van der Waals surface area contributed by atoms with Crippen molar-refractivity contribution in [3.05, 3.63) is 23.0 Å². The molecule has 1 aromatic heterocycles. The summed E-state index contributed by atoms with van der Waals surface area (Å²) in [6, 6.07) is 2.34. The number of nitrogens with one attached hydrogen (secondary N) is 1.